The summed E-state index contributed by atoms with van der Waals surface area (Å²) in [4.78, 5) is 19.0. The minimum absolute atomic E-state index is 0.156. The molecule has 2 aromatic rings. The number of amides is 1. The lowest BCUT2D eigenvalue weighted by molar-refractivity contribution is -0.118. The molecule has 0 unspecified atom stereocenters. The van der Waals surface area contributed by atoms with Gasteiger partial charge in [0.1, 0.15) is 11.8 Å². The van der Waals surface area contributed by atoms with E-state index in [1.807, 2.05) is 11.4 Å². The van der Waals surface area contributed by atoms with Gasteiger partial charge in [-0.2, -0.15) is 5.26 Å². The van der Waals surface area contributed by atoms with Crippen molar-refractivity contribution in [2.24, 2.45) is 5.92 Å². The van der Waals surface area contributed by atoms with E-state index in [9.17, 15) is 4.79 Å². The molecule has 1 aliphatic heterocycles. The van der Waals surface area contributed by atoms with Crippen LogP contribution in [0.1, 0.15) is 31.0 Å². The zero-order chi connectivity index (χ0) is 18.4. The van der Waals surface area contributed by atoms with Gasteiger partial charge in [0.15, 0.2) is 11.7 Å². The molecule has 0 radical (unpaired) electrons. The van der Waals surface area contributed by atoms with Crippen LogP contribution in [-0.4, -0.2) is 35.5 Å². The van der Waals surface area contributed by atoms with Gasteiger partial charge in [0.05, 0.1) is 11.3 Å². The van der Waals surface area contributed by atoms with Crippen molar-refractivity contribution < 1.29 is 9.53 Å². The van der Waals surface area contributed by atoms with Crippen LogP contribution in [0.2, 0.25) is 0 Å². The fourth-order valence-corrected chi connectivity index (χ4v) is 3.80. The standard InChI is InChI=1S/C19H22N4O2S/c1-14-5-4-8-23(10-14)11-16-13-26-19(21-16)22-18(24)12-25-17-7-3-2-6-15(17)9-20/h2-3,6-7,13-14H,4-5,8,10-12H2,1H3,(H,21,22,24)/t14-/m1/s1. The van der Waals surface area contributed by atoms with Crippen LogP contribution in [0.15, 0.2) is 29.6 Å². The third kappa shape index (κ3) is 5.04. The second-order valence-electron chi connectivity index (χ2n) is 6.57. The third-order valence-corrected chi connectivity index (χ3v) is 5.10. The van der Waals surface area contributed by atoms with Crippen molar-refractivity contribution in [3.05, 3.63) is 40.9 Å². The molecule has 0 aliphatic carbocycles. The maximum absolute atomic E-state index is 12.1. The lowest BCUT2D eigenvalue weighted by atomic mass is 10.0. The predicted octanol–water partition coefficient (Wildman–Crippen LogP) is 3.26. The number of nitrogens with one attached hydrogen (secondary N) is 1. The second-order valence-corrected chi connectivity index (χ2v) is 7.43. The third-order valence-electron chi connectivity index (χ3n) is 4.29. The lowest BCUT2D eigenvalue weighted by Gasteiger charge is -2.30. The van der Waals surface area contributed by atoms with Crippen LogP contribution in [0, 0.1) is 17.2 Å². The van der Waals surface area contributed by atoms with E-state index in [1.54, 1.807) is 24.3 Å². The summed E-state index contributed by atoms with van der Waals surface area (Å²) in [5.74, 6) is 0.851. The number of likely N-dealkylation sites (tertiary alicyclic amines) is 1. The molecule has 26 heavy (non-hydrogen) atoms. The average Bonchev–Trinajstić information content (AvgIpc) is 3.07. The number of hydrogen-bond donors (Lipinski definition) is 1. The van der Waals surface area contributed by atoms with E-state index in [4.69, 9.17) is 10.00 Å². The Balaban J connectivity index is 1.49. The van der Waals surface area contributed by atoms with E-state index in [2.05, 4.69) is 22.1 Å². The first kappa shape index (κ1) is 18.4. The first-order valence-electron chi connectivity index (χ1n) is 8.72. The van der Waals surface area contributed by atoms with E-state index in [0.29, 0.717) is 16.4 Å². The Kier molecular flexibility index (Phi) is 6.21. The van der Waals surface area contributed by atoms with Gasteiger partial charge in [-0.1, -0.05) is 19.1 Å². The van der Waals surface area contributed by atoms with E-state index in [1.165, 1.54) is 24.2 Å². The van der Waals surface area contributed by atoms with Gasteiger partial charge >= 0.3 is 0 Å². The Morgan fingerprint density at radius 1 is 1.50 bits per heavy atom. The Bertz CT molecular complexity index is 799. The van der Waals surface area contributed by atoms with Gasteiger partial charge in [0, 0.05) is 18.5 Å². The topological polar surface area (TPSA) is 78.3 Å². The van der Waals surface area contributed by atoms with Gasteiger partial charge in [-0.3, -0.25) is 15.0 Å². The molecule has 136 valence electrons. The van der Waals surface area contributed by atoms with Crippen LogP contribution in [0.5, 0.6) is 5.75 Å². The maximum atomic E-state index is 12.1. The number of anilines is 1. The van der Waals surface area contributed by atoms with E-state index in [-0.39, 0.29) is 12.5 Å². The molecule has 1 aromatic heterocycles. The fraction of sp³-hybridized carbons (Fsp3) is 0.421. The molecule has 1 amide bonds. The van der Waals surface area contributed by atoms with Crippen LogP contribution < -0.4 is 10.1 Å². The minimum Gasteiger partial charge on any atom is -0.482 e. The van der Waals surface area contributed by atoms with Gasteiger partial charge in [-0.25, -0.2) is 4.98 Å². The first-order valence-corrected chi connectivity index (χ1v) is 9.60. The summed E-state index contributed by atoms with van der Waals surface area (Å²) in [5, 5.41) is 14.4. The molecular weight excluding hydrogens is 348 g/mol. The average molecular weight is 370 g/mol. The molecule has 1 saturated heterocycles. The van der Waals surface area contributed by atoms with Gasteiger partial charge in [0.2, 0.25) is 0 Å². The summed E-state index contributed by atoms with van der Waals surface area (Å²) in [6.07, 6.45) is 2.53. The number of nitriles is 1. The van der Waals surface area contributed by atoms with Crippen LogP contribution in [0.25, 0.3) is 0 Å². The van der Waals surface area contributed by atoms with Crippen molar-refractivity contribution in [3.8, 4) is 11.8 Å². The maximum Gasteiger partial charge on any atom is 0.264 e. The summed E-state index contributed by atoms with van der Waals surface area (Å²) in [7, 11) is 0. The quantitative estimate of drug-likeness (QED) is 0.844. The highest BCUT2D eigenvalue weighted by Crippen LogP contribution is 2.21. The number of piperidine rings is 1. The van der Waals surface area contributed by atoms with Crippen LogP contribution in [0.4, 0.5) is 5.13 Å². The van der Waals surface area contributed by atoms with Crippen molar-refractivity contribution in [2.75, 3.05) is 25.0 Å². The number of carbonyl (C=O) groups is 1. The molecule has 0 saturated carbocycles. The van der Waals surface area contributed by atoms with E-state index >= 15 is 0 Å². The molecule has 0 spiro atoms. The molecule has 0 bridgehead atoms. The number of nitrogens with zero attached hydrogens (tertiary/aromatic N) is 3. The number of thiazole rings is 1. The molecule has 1 N–H and O–H groups in total. The summed E-state index contributed by atoms with van der Waals surface area (Å²) in [6, 6.07) is 8.89. The molecule has 2 heterocycles. The van der Waals surface area contributed by atoms with Crippen molar-refractivity contribution in [1.82, 2.24) is 9.88 Å². The molecule has 7 heteroatoms. The number of rotatable bonds is 6. The SMILES string of the molecule is C[C@@H]1CCCN(Cc2csc(NC(=O)COc3ccccc3C#N)n2)C1. The first-order chi connectivity index (χ1) is 12.6. The zero-order valence-corrected chi connectivity index (χ0v) is 15.6. The fourth-order valence-electron chi connectivity index (χ4n) is 3.08. The number of carbonyl (C=O) groups excluding carboxylic acids is 1. The number of para-hydroxylation sites is 1. The highest BCUT2D eigenvalue weighted by atomic mass is 32.1. The van der Waals surface area contributed by atoms with Crippen LogP contribution in [0.3, 0.4) is 0 Å². The Labute approximate surface area is 157 Å². The van der Waals surface area contributed by atoms with Gasteiger partial charge in [0.25, 0.3) is 5.91 Å². The van der Waals surface area contributed by atoms with Crippen molar-refractivity contribution in [2.45, 2.75) is 26.3 Å². The van der Waals surface area contributed by atoms with Gasteiger partial charge in [-0.15, -0.1) is 11.3 Å². The van der Waals surface area contributed by atoms with E-state index < -0.39 is 0 Å². The van der Waals surface area contributed by atoms with E-state index in [0.717, 1.165) is 31.2 Å². The zero-order valence-electron chi connectivity index (χ0n) is 14.8. The van der Waals surface area contributed by atoms with Crippen molar-refractivity contribution >= 4 is 22.4 Å². The number of ether oxygens (including phenoxy) is 1. The van der Waals surface area contributed by atoms with Crippen molar-refractivity contribution in [3.63, 3.8) is 0 Å². The molecular formula is C19H22N4O2S. The summed E-state index contributed by atoms with van der Waals surface area (Å²) in [6.45, 7) is 5.16. The molecule has 6 nitrogen and oxygen atoms in total. The molecule has 1 aromatic carbocycles. The number of hydrogen-bond acceptors (Lipinski definition) is 6. The second kappa shape index (κ2) is 8.79. The molecule has 1 aliphatic rings. The highest BCUT2D eigenvalue weighted by molar-refractivity contribution is 7.13. The molecule has 1 atom stereocenters. The monoisotopic (exact) mass is 370 g/mol. The molecule has 3 rings (SSSR count). The predicted molar refractivity (Wildman–Crippen MR) is 101 cm³/mol. The van der Waals surface area contributed by atoms with Gasteiger partial charge in [-0.05, 0) is 37.4 Å². The Morgan fingerprint density at radius 2 is 2.35 bits per heavy atom. The summed E-state index contributed by atoms with van der Waals surface area (Å²) < 4.78 is 5.44. The number of benzene rings is 1. The molecule has 1 fully saturated rings. The lowest BCUT2D eigenvalue weighted by Crippen LogP contribution is -2.33. The number of aromatic nitrogens is 1. The van der Waals surface area contributed by atoms with Crippen molar-refractivity contribution in [1.29, 1.82) is 5.26 Å². The normalized spacial score (nSPS) is 17.5. The Morgan fingerprint density at radius 3 is 3.15 bits per heavy atom. The van der Waals surface area contributed by atoms with Crippen LogP contribution in [-0.2, 0) is 11.3 Å². The highest BCUT2D eigenvalue weighted by Gasteiger charge is 2.17. The summed E-state index contributed by atoms with van der Waals surface area (Å²) in [5.41, 5.74) is 1.39. The van der Waals surface area contributed by atoms with Crippen LogP contribution >= 0.6 is 11.3 Å². The largest absolute Gasteiger partial charge is 0.482 e. The van der Waals surface area contributed by atoms with Gasteiger partial charge < -0.3 is 4.74 Å². The minimum atomic E-state index is -0.287. The Hall–Kier alpha value is -2.43. The summed E-state index contributed by atoms with van der Waals surface area (Å²) >= 11 is 1.42. The smallest absolute Gasteiger partial charge is 0.264 e.